The van der Waals surface area contributed by atoms with E-state index in [4.69, 9.17) is 0 Å². The van der Waals surface area contributed by atoms with Crippen LogP contribution in [-0.2, 0) is 11.0 Å². The summed E-state index contributed by atoms with van der Waals surface area (Å²) in [5, 5.41) is 13.7. The van der Waals surface area contributed by atoms with Gasteiger partial charge in [0.25, 0.3) is 0 Å². The van der Waals surface area contributed by atoms with Crippen molar-refractivity contribution in [1.82, 2.24) is 5.32 Å². The Morgan fingerprint density at radius 3 is 2.42 bits per heavy atom. The molecule has 2 nitrogen and oxygen atoms in total. The van der Waals surface area contributed by atoms with Crippen molar-refractivity contribution in [1.29, 1.82) is 0 Å². The van der Waals surface area contributed by atoms with Crippen LogP contribution in [0.15, 0.2) is 24.3 Å². The number of aliphatic hydroxyl groups excluding tert-OH is 1. The molecular weight excluding hydrogens is 234 g/mol. The van der Waals surface area contributed by atoms with E-state index in [-0.39, 0.29) is 17.6 Å². The number of hydrogen-bond donors (Lipinski definition) is 2. The van der Waals surface area contributed by atoms with Crippen molar-refractivity contribution in [3.05, 3.63) is 35.4 Å². The first-order valence-corrected chi connectivity index (χ1v) is 7.44. The van der Waals surface area contributed by atoms with Gasteiger partial charge in [-0.25, -0.2) is 0 Å². The molecule has 2 atom stereocenters. The molecule has 2 unspecified atom stereocenters. The Morgan fingerprint density at radius 1 is 1.21 bits per heavy atom. The van der Waals surface area contributed by atoms with Gasteiger partial charge in [0.2, 0.25) is 0 Å². The van der Waals surface area contributed by atoms with Crippen LogP contribution in [0.2, 0.25) is 0 Å². The van der Waals surface area contributed by atoms with Crippen molar-refractivity contribution in [2.45, 2.75) is 64.0 Å². The predicted molar refractivity (Wildman–Crippen MR) is 80.4 cm³/mol. The summed E-state index contributed by atoms with van der Waals surface area (Å²) in [6, 6.07) is 9.01. The molecule has 0 heterocycles. The molecule has 0 amide bonds. The number of fused-ring (bicyclic) bond motifs is 1. The fourth-order valence-corrected chi connectivity index (χ4v) is 3.22. The second kappa shape index (κ2) is 5.26. The third-order valence-electron chi connectivity index (χ3n) is 4.75. The second-order valence-electron chi connectivity index (χ2n) is 6.62. The maximum Gasteiger partial charge on any atom is 0.0674 e. The Labute approximate surface area is 117 Å². The SMILES string of the molecule is CCC(C)NC1(CO)CCC(C)(C)c2ccccc21. The first kappa shape index (κ1) is 14.5. The average molecular weight is 261 g/mol. The minimum absolute atomic E-state index is 0.171. The van der Waals surface area contributed by atoms with Gasteiger partial charge in [0, 0.05) is 6.04 Å². The Kier molecular flexibility index (Phi) is 4.03. The van der Waals surface area contributed by atoms with Gasteiger partial charge in [-0.2, -0.15) is 0 Å². The highest BCUT2D eigenvalue weighted by molar-refractivity contribution is 5.41. The third-order valence-corrected chi connectivity index (χ3v) is 4.75. The van der Waals surface area contributed by atoms with Crippen LogP contribution in [0.3, 0.4) is 0 Å². The maximum absolute atomic E-state index is 10.0. The van der Waals surface area contributed by atoms with Crippen LogP contribution >= 0.6 is 0 Å². The Hall–Kier alpha value is -0.860. The minimum atomic E-state index is -0.262. The molecule has 0 radical (unpaired) electrons. The highest BCUT2D eigenvalue weighted by Crippen LogP contribution is 2.44. The molecule has 0 bridgehead atoms. The molecule has 1 aliphatic rings. The zero-order chi connectivity index (χ0) is 14.1. The summed E-state index contributed by atoms with van der Waals surface area (Å²) in [5.74, 6) is 0. The summed E-state index contributed by atoms with van der Waals surface area (Å²) in [5.41, 5.74) is 2.61. The van der Waals surface area contributed by atoms with Crippen molar-refractivity contribution in [2.24, 2.45) is 0 Å². The summed E-state index contributed by atoms with van der Waals surface area (Å²) >= 11 is 0. The van der Waals surface area contributed by atoms with E-state index in [2.05, 4.69) is 57.3 Å². The van der Waals surface area contributed by atoms with Gasteiger partial charge in [0.1, 0.15) is 0 Å². The van der Waals surface area contributed by atoms with Crippen LogP contribution in [0.25, 0.3) is 0 Å². The number of benzene rings is 1. The van der Waals surface area contributed by atoms with Crippen molar-refractivity contribution in [3.8, 4) is 0 Å². The Bertz CT molecular complexity index is 441. The lowest BCUT2D eigenvalue weighted by atomic mass is 9.65. The summed E-state index contributed by atoms with van der Waals surface area (Å²) < 4.78 is 0. The highest BCUT2D eigenvalue weighted by Gasteiger charge is 2.42. The van der Waals surface area contributed by atoms with Gasteiger partial charge in [-0.05, 0) is 42.7 Å². The third kappa shape index (κ3) is 2.56. The molecule has 1 aromatic carbocycles. The van der Waals surface area contributed by atoms with E-state index in [0.29, 0.717) is 6.04 Å². The molecular formula is C17H27NO. The molecule has 1 aliphatic carbocycles. The van der Waals surface area contributed by atoms with Crippen LogP contribution in [0, 0.1) is 0 Å². The molecule has 0 aliphatic heterocycles. The second-order valence-corrected chi connectivity index (χ2v) is 6.62. The predicted octanol–water partition coefficient (Wildman–Crippen LogP) is 3.33. The van der Waals surface area contributed by atoms with Crippen molar-refractivity contribution in [3.63, 3.8) is 0 Å². The summed E-state index contributed by atoms with van der Waals surface area (Å²) in [6.45, 7) is 9.15. The van der Waals surface area contributed by atoms with Gasteiger partial charge < -0.3 is 10.4 Å². The molecule has 19 heavy (non-hydrogen) atoms. The lowest BCUT2D eigenvalue weighted by Gasteiger charge is -2.46. The van der Waals surface area contributed by atoms with E-state index < -0.39 is 0 Å². The number of aliphatic hydroxyl groups is 1. The van der Waals surface area contributed by atoms with Crippen LogP contribution in [0.4, 0.5) is 0 Å². The Morgan fingerprint density at radius 2 is 1.84 bits per heavy atom. The summed E-state index contributed by atoms with van der Waals surface area (Å²) in [4.78, 5) is 0. The van der Waals surface area contributed by atoms with E-state index in [1.807, 2.05) is 0 Å². The van der Waals surface area contributed by atoms with E-state index >= 15 is 0 Å². The lowest BCUT2D eigenvalue weighted by Crippen LogP contribution is -2.53. The van der Waals surface area contributed by atoms with Gasteiger partial charge in [0.05, 0.1) is 12.1 Å². The van der Waals surface area contributed by atoms with Crippen LogP contribution in [0.5, 0.6) is 0 Å². The molecule has 1 aromatic rings. The van der Waals surface area contributed by atoms with Crippen LogP contribution in [-0.4, -0.2) is 17.8 Å². The number of hydrogen-bond acceptors (Lipinski definition) is 2. The van der Waals surface area contributed by atoms with Crippen molar-refractivity contribution in [2.75, 3.05) is 6.61 Å². The zero-order valence-corrected chi connectivity index (χ0v) is 12.7. The monoisotopic (exact) mass is 261 g/mol. The van der Waals surface area contributed by atoms with E-state index in [0.717, 1.165) is 19.3 Å². The molecule has 0 saturated heterocycles. The Balaban J connectivity index is 2.47. The van der Waals surface area contributed by atoms with Gasteiger partial charge >= 0.3 is 0 Å². The molecule has 106 valence electrons. The molecule has 0 aromatic heterocycles. The fourth-order valence-electron chi connectivity index (χ4n) is 3.22. The molecule has 2 N–H and O–H groups in total. The molecule has 2 heteroatoms. The van der Waals surface area contributed by atoms with Gasteiger partial charge in [-0.1, -0.05) is 45.0 Å². The highest BCUT2D eigenvalue weighted by atomic mass is 16.3. The normalized spacial score (nSPS) is 26.8. The average Bonchev–Trinajstić information content (AvgIpc) is 2.42. The van der Waals surface area contributed by atoms with Crippen LogP contribution < -0.4 is 5.32 Å². The summed E-state index contributed by atoms with van der Waals surface area (Å²) in [6.07, 6.45) is 3.18. The van der Waals surface area contributed by atoms with E-state index in [1.165, 1.54) is 11.1 Å². The standard InChI is InChI=1S/C17H27NO/c1-5-13(2)18-17(12-19)11-10-16(3,4)14-8-6-7-9-15(14)17/h6-9,13,18-19H,5,10-12H2,1-4H3. The first-order valence-electron chi connectivity index (χ1n) is 7.44. The van der Waals surface area contributed by atoms with Gasteiger partial charge in [-0.15, -0.1) is 0 Å². The van der Waals surface area contributed by atoms with E-state index in [1.54, 1.807) is 0 Å². The van der Waals surface area contributed by atoms with Crippen molar-refractivity contribution >= 4 is 0 Å². The zero-order valence-electron chi connectivity index (χ0n) is 12.7. The van der Waals surface area contributed by atoms with Crippen molar-refractivity contribution < 1.29 is 5.11 Å². The number of nitrogens with one attached hydrogen (secondary N) is 1. The maximum atomic E-state index is 10.0. The molecule has 0 saturated carbocycles. The van der Waals surface area contributed by atoms with Gasteiger partial charge in [-0.3, -0.25) is 0 Å². The van der Waals surface area contributed by atoms with Gasteiger partial charge in [0.15, 0.2) is 0 Å². The van der Waals surface area contributed by atoms with E-state index in [9.17, 15) is 5.11 Å². The number of rotatable bonds is 4. The van der Waals surface area contributed by atoms with Crippen LogP contribution in [0.1, 0.15) is 58.1 Å². The quantitative estimate of drug-likeness (QED) is 0.871. The molecule has 0 spiro atoms. The topological polar surface area (TPSA) is 32.3 Å². The smallest absolute Gasteiger partial charge is 0.0674 e. The first-order chi connectivity index (χ1) is 8.95. The minimum Gasteiger partial charge on any atom is -0.394 e. The summed E-state index contributed by atoms with van der Waals surface area (Å²) in [7, 11) is 0. The largest absolute Gasteiger partial charge is 0.394 e. The molecule has 0 fully saturated rings. The molecule has 2 rings (SSSR count). The fraction of sp³-hybridized carbons (Fsp3) is 0.647. The lowest BCUT2D eigenvalue weighted by molar-refractivity contribution is 0.117.